The van der Waals surface area contributed by atoms with Crippen LogP contribution in [0, 0.1) is 17.8 Å². The highest BCUT2D eigenvalue weighted by Gasteiger charge is 2.33. The summed E-state index contributed by atoms with van der Waals surface area (Å²) in [6.45, 7) is 13.8. The number of carboxylic acids is 1. The van der Waals surface area contributed by atoms with E-state index in [1.54, 1.807) is 0 Å². The van der Waals surface area contributed by atoms with Gasteiger partial charge in [0.05, 0.1) is 6.61 Å². The molecule has 0 spiro atoms. The maximum atomic E-state index is 10.9. The Morgan fingerprint density at radius 2 is 2.03 bits per heavy atom. The zero-order valence-corrected chi connectivity index (χ0v) is 19.6. The number of aliphatic carboxylic acids is 1. The molecule has 3 nitrogen and oxygen atoms in total. The molecule has 0 radical (unpaired) electrons. The normalized spacial score (nSPS) is 21.0. The third-order valence-corrected chi connectivity index (χ3v) is 6.54. The Labute approximate surface area is 180 Å². The molecule has 0 aromatic rings. The maximum Gasteiger partial charge on any atom is 0.328 e. The van der Waals surface area contributed by atoms with E-state index in [9.17, 15) is 4.79 Å². The van der Waals surface area contributed by atoms with E-state index in [1.165, 1.54) is 27.7 Å². The highest BCUT2D eigenvalue weighted by Crippen LogP contribution is 2.46. The lowest BCUT2D eigenvalue weighted by atomic mass is 9.77. The molecule has 0 bridgehead atoms. The van der Waals surface area contributed by atoms with E-state index < -0.39 is 5.97 Å². The van der Waals surface area contributed by atoms with Crippen LogP contribution in [0.25, 0.3) is 0 Å². The number of rotatable bonds is 9. The van der Waals surface area contributed by atoms with Crippen LogP contribution >= 0.6 is 11.8 Å². The second-order valence-corrected chi connectivity index (χ2v) is 9.64. The van der Waals surface area contributed by atoms with E-state index in [0.29, 0.717) is 17.8 Å². The van der Waals surface area contributed by atoms with Gasteiger partial charge in [-0.2, -0.15) is 0 Å². The van der Waals surface area contributed by atoms with E-state index in [-0.39, 0.29) is 0 Å². The molecule has 2 rings (SSSR count). The fraction of sp³-hybridized carbons (Fsp3) is 0.560. The van der Waals surface area contributed by atoms with Crippen LogP contribution < -0.4 is 0 Å². The van der Waals surface area contributed by atoms with Crippen molar-refractivity contribution in [3.63, 3.8) is 0 Å². The molecule has 0 aromatic carbocycles. The number of carboxylic acid groups (broad SMARTS) is 1. The van der Waals surface area contributed by atoms with Crippen molar-refractivity contribution in [3.05, 3.63) is 57.3 Å². The smallest absolute Gasteiger partial charge is 0.328 e. The lowest BCUT2D eigenvalue weighted by molar-refractivity contribution is -0.131. The summed E-state index contributed by atoms with van der Waals surface area (Å²) in [6, 6.07) is 0. The van der Waals surface area contributed by atoms with Crippen molar-refractivity contribution in [1.82, 2.24) is 0 Å². The molecule has 0 aromatic heterocycles. The van der Waals surface area contributed by atoms with Crippen molar-refractivity contribution < 1.29 is 14.6 Å². The highest BCUT2D eigenvalue weighted by atomic mass is 32.2. The number of thioether (sulfide) groups is 1. The van der Waals surface area contributed by atoms with Gasteiger partial charge in [0, 0.05) is 22.7 Å². The predicted octanol–water partition coefficient (Wildman–Crippen LogP) is 6.90. The lowest BCUT2D eigenvalue weighted by Gasteiger charge is -2.32. The molecule has 1 N–H and O–H groups in total. The Bertz CT molecular complexity index is 763. The second-order valence-electron chi connectivity index (χ2n) is 8.50. The van der Waals surface area contributed by atoms with Crippen LogP contribution in [0.15, 0.2) is 57.3 Å². The number of carbonyl (C=O) groups is 1. The topological polar surface area (TPSA) is 46.5 Å². The van der Waals surface area contributed by atoms with E-state index in [2.05, 4.69) is 46.8 Å². The molecule has 29 heavy (non-hydrogen) atoms. The molecule has 0 fully saturated rings. The minimum Gasteiger partial charge on any atom is -0.497 e. The molecule has 1 aliphatic heterocycles. The summed E-state index contributed by atoms with van der Waals surface area (Å²) in [5.74, 6) is 2.57. The van der Waals surface area contributed by atoms with Gasteiger partial charge in [-0.05, 0) is 60.8 Å². The Hall–Kier alpha value is -1.68. The van der Waals surface area contributed by atoms with Crippen LogP contribution in [0.5, 0.6) is 0 Å². The van der Waals surface area contributed by atoms with E-state index >= 15 is 0 Å². The van der Waals surface area contributed by atoms with Gasteiger partial charge in [0.2, 0.25) is 0 Å². The summed E-state index contributed by atoms with van der Waals surface area (Å²) in [6.07, 6.45) is 10.7. The van der Waals surface area contributed by atoms with Crippen LogP contribution in [-0.2, 0) is 9.53 Å². The third-order valence-electron chi connectivity index (χ3n) is 5.42. The molecule has 2 aliphatic rings. The zero-order chi connectivity index (χ0) is 21.6. The van der Waals surface area contributed by atoms with Crippen LogP contribution in [0.2, 0.25) is 0 Å². The molecular formula is C25H36O3S. The van der Waals surface area contributed by atoms with Crippen LogP contribution in [0.1, 0.15) is 60.8 Å². The van der Waals surface area contributed by atoms with Gasteiger partial charge >= 0.3 is 5.97 Å². The largest absolute Gasteiger partial charge is 0.497 e. The average molecular weight is 417 g/mol. The standard InChI is InChI=1S/C25H36O3S/c1-7-11-28-25-21(17(4)5)14-19(16(2)3)15-22(25)20-10-12-29-23(20)9-8-18(6)13-24(26)27/h8-9,13-14,16-17,22H,7,10-12,15H2,1-6H3,(H,26,27)/b9-8+,18-13+. The molecule has 0 saturated carbocycles. The fourth-order valence-electron chi connectivity index (χ4n) is 3.83. The monoisotopic (exact) mass is 416 g/mol. The van der Waals surface area contributed by atoms with Crippen LogP contribution in [0.4, 0.5) is 0 Å². The zero-order valence-electron chi connectivity index (χ0n) is 18.7. The number of hydrogen-bond acceptors (Lipinski definition) is 3. The van der Waals surface area contributed by atoms with Crippen molar-refractivity contribution in [1.29, 1.82) is 0 Å². The average Bonchev–Trinajstić information content (AvgIpc) is 3.11. The highest BCUT2D eigenvalue weighted by molar-refractivity contribution is 8.03. The summed E-state index contributed by atoms with van der Waals surface area (Å²) in [5, 5.41) is 8.95. The first-order valence-corrected chi connectivity index (χ1v) is 11.8. The van der Waals surface area contributed by atoms with Gasteiger partial charge in [0.1, 0.15) is 5.76 Å². The first-order chi connectivity index (χ1) is 13.7. The third kappa shape index (κ3) is 6.40. The SMILES string of the molecule is CCCOC1=C(C(C)C)C=C(C(C)C)CC1C1=C(/C=C/C(C)=C/C(=O)O)SCC1. The summed E-state index contributed by atoms with van der Waals surface area (Å²) in [7, 11) is 0. The molecule has 4 heteroatoms. The molecule has 1 heterocycles. The van der Waals surface area contributed by atoms with Crippen molar-refractivity contribution in [2.45, 2.75) is 60.8 Å². The molecule has 160 valence electrons. The summed E-state index contributed by atoms with van der Waals surface area (Å²) in [4.78, 5) is 12.2. The van der Waals surface area contributed by atoms with Crippen molar-refractivity contribution in [2.75, 3.05) is 12.4 Å². The van der Waals surface area contributed by atoms with Gasteiger partial charge in [-0.3, -0.25) is 0 Å². The number of hydrogen-bond donors (Lipinski definition) is 1. The minimum absolute atomic E-state index is 0.291. The van der Waals surface area contributed by atoms with Crippen molar-refractivity contribution >= 4 is 17.7 Å². The van der Waals surface area contributed by atoms with Crippen molar-refractivity contribution in [3.8, 4) is 0 Å². The first kappa shape index (κ1) is 23.6. The van der Waals surface area contributed by atoms with Gasteiger partial charge in [-0.25, -0.2) is 4.79 Å². The molecule has 1 atom stereocenters. The Balaban J connectivity index is 2.48. The lowest BCUT2D eigenvalue weighted by Crippen LogP contribution is -2.21. The van der Waals surface area contributed by atoms with E-state index in [4.69, 9.17) is 9.84 Å². The Kier molecular flexibility index (Phi) is 8.88. The fourth-order valence-corrected chi connectivity index (χ4v) is 4.96. The van der Waals surface area contributed by atoms with Gasteiger partial charge in [0.25, 0.3) is 0 Å². The summed E-state index contributed by atoms with van der Waals surface area (Å²) >= 11 is 1.87. The minimum atomic E-state index is -0.904. The quantitative estimate of drug-likeness (QED) is 0.328. The van der Waals surface area contributed by atoms with Gasteiger partial charge in [0.15, 0.2) is 0 Å². The maximum absolute atomic E-state index is 10.9. The van der Waals surface area contributed by atoms with Gasteiger partial charge in [-0.1, -0.05) is 52.3 Å². The Morgan fingerprint density at radius 3 is 2.62 bits per heavy atom. The second kappa shape index (κ2) is 10.9. The van der Waals surface area contributed by atoms with Crippen LogP contribution in [-0.4, -0.2) is 23.4 Å². The van der Waals surface area contributed by atoms with E-state index in [1.807, 2.05) is 24.8 Å². The Morgan fingerprint density at radius 1 is 1.31 bits per heavy atom. The summed E-state index contributed by atoms with van der Waals surface area (Å²) in [5.41, 5.74) is 5.04. The molecule has 1 aliphatic carbocycles. The number of allylic oxidation sites excluding steroid dienone is 7. The molecule has 0 saturated heterocycles. The molecular weight excluding hydrogens is 380 g/mol. The molecule has 1 unspecified atom stereocenters. The predicted molar refractivity (Wildman–Crippen MR) is 124 cm³/mol. The van der Waals surface area contributed by atoms with E-state index in [0.717, 1.165) is 43.0 Å². The molecule has 0 amide bonds. The van der Waals surface area contributed by atoms with Gasteiger partial charge in [-0.15, -0.1) is 11.8 Å². The summed E-state index contributed by atoms with van der Waals surface area (Å²) < 4.78 is 6.36. The van der Waals surface area contributed by atoms with Gasteiger partial charge < -0.3 is 9.84 Å². The number of ether oxygens (including phenoxy) is 1. The first-order valence-electron chi connectivity index (χ1n) is 10.8. The van der Waals surface area contributed by atoms with Crippen molar-refractivity contribution in [2.24, 2.45) is 17.8 Å². The van der Waals surface area contributed by atoms with Crippen LogP contribution in [0.3, 0.4) is 0 Å².